The van der Waals surface area contributed by atoms with Gasteiger partial charge < -0.3 is 14.9 Å². The summed E-state index contributed by atoms with van der Waals surface area (Å²) in [6.45, 7) is 0. The van der Waals surface area contributed by atoms with Crippen LogP contribution in [0.2, 0.25) is 0 Å². The Morgan fingerprint density at radius 1 is 0.477 bits per heavy atom. The van der Waals surface area contributed by atoms with E-state index in [2.05, 4.69) is 149 Å². The summed E-state index contributed by atoms with van der Waals surface area (Å²) in [5.41, 5.74) is 13.8. The maximum Gasteiger partial charge on any atom is 0.0930 e. The lowest BCUT2D eigenvalue weighted by atomic mass is 10.0. The molecular weight excluding hydrogens is 538 g/mol. The minimum atomic E-state index is 0.860. The van der Waals surface area contributed by atoms with Gasteiger partial charge in [0, 0.05) is 45.9 Å². The molecule has 2 N–H and O–H groups in total. The Kier molecular flexibility index (Phi) is 6.27. The Hall–Kier alpha value is -5.94. The minimum Gasteiger partial charge on any atom is -0.355 e. The van der Waals surface area contributed by atoms with E-state index in [1.54, 1.807) is 0 Å². The lowest BCUT2D eigenvalue weighted by Gasteiger charge is -2.21. The van der Waals surface area contributed by atoms with Crippen LogP contribution in [0.25, 0.3) is 68.6 Å². The standard InChI is InChI=1S/C39H29N5/c1-44(30-15-9-4-10-16-30)39-35-23-21-33(42-35)37(26-11-5-2-6-12-26)31-19-17-28(40-31)25-29-18-20-32(41-29)38(27-13-7-3-8-14-27)34-22-24-36(39)43-34/h2-25,40-41H,1H3. The van der Waals surface area contributed by atoms with Gasteiger partial charge in [-0.25, -0.2) is 9.97 Å². The van der Waals surface area contributed by atoms with Gasteiger partial charge >= 0.3 is 0 Å². The largest absolute Gasteiger partial charge is 0.355 e. The minimum absolute atomic E-state index is 0.860. The quantitative estimate of drug-likeness (QED) is 0.223. The van der Waals surface area contributed by atoms with Gasteiger partial charge in [-0.15, -0.1) is 0 Å². The van der Waals surface area contributed by atoms with Crippen molar-refractivity contribution in [2.45, 2.75) is 0 Å². The summed E-state index contributed by atoms with van der Waals surface area (Å²) in [6, 6.07) is 41.9. The normalized spacial score (nSPS) is 12.0. The number of aromatic nitrogens is 4. The molecule has 6 aromatic rings. The number of nitrogens with zero attached hydrogens (tertiary/aromatic N) is 3. The maximum absolute atomic E-state index is 5.28. The smallest absolute Gasteiger partial charge is 0.0930 e. The average Bonchev–Trinajstić information content (AvgIpc) is 3.90. The van der Waals surface area contributed by atoms with Crippen molar-refractivity contribution in [2.75, 3.05) is 11.9 Å². The molecule has 210 valence electrons. The molecule has 0 amide bonds. The van der Waals surface area contributed by atoms with Gasteiger partial charge in [0.25, 0.3) is 0 Å². The van der Waals surface area contributed by atoms with Gasteiger partial charge in [-0.3, -0.25) is 0 Å². The molecule has 0 aliphatic carbocycles. The Morgan fingerprint density at radius 3 is 1.39 bits per heavy atom. The monoisotopic (exact) mass is 567 g/mol. The van der Waals surface area contributed by atoms with E-state index in [9.17, 15) is 0 Å². The number of rotatable bonds is 4. The van der Waals surface area contributed by atoms with E-state index in [-0.39, 0.29) is 0 Å². The molecule has 0 spiro atoms. The second-order valence-corrected chi connectivity index (χ2v) is 11.0. The number of benzene rings is 3. The number of fused-ring (bicyclic) bond motifs is 8. The number of hydrogen-bond acceptors (Lipinski definition) is 3. The first kappa shape index (κ1) is 25.7. The summed E-state index contributed by atoms with van der Waals surface area (Å²) in [5.74, 6) is 0. The van der Waals surface area contributed by atoms with Crippen LogP contribution in [-0.2, 0) is 0 Å². The third-order valence-electron chi connectivity index (χ3n) is 8.15. The Bertz CT molecular complexity index is 2090. The lowest BCUT2D eigenvalue weighted by molar-refractivity contribution is 1.15. The number of nitrogens with one attached hydrogen (secondary N) is 2. The van der Waals surface area contributed by atoms with Crippen LogP contribution in [0.3, 0.4) is 0 Å². The van der Waals surface area contributed by atoms with Gasteiger partial charge in [-0.1, -0.05) is 78.9 Å². The van der Waals surface area contributed by atoms with Gasteiger partial charge in [-0.2, -0.15) is 0 Å². The second kappa shape index (κ2) is 10.7. The van der Waals surface area contributed by atoms with Crippen molar-refractivity contribution in [1.29, 1.82) is 0 Å². The van der Waals surface area contributed by atoms with Crippen LogP contribution in [0.15, 0.2) is 121 Å². The Balaban J connectivity index is 1.52. The van der Waals surface area contributed by atoms with Crippen molar-refractivity contribution in [2.24, 2.45) is 0 Å². The highest BCUT2D eigenvalue weighted by Crippen LogP contribution is 2.37. The van der Waals surface area contributed by atoms with Gasteiger partial charge in [0.05, 0.1) is 28.5 Å². The summed E-state index contributed by atoms with van der Waals surface area (Å²) in [6.07, 6.45) is 8.43. The summed E-state index contributed by atoms with van der Waals surface area (Å²) in [7, 11) is 2.08. The van der Waals surface area contributed by atoms with Crippen molar-refractivity contribution in [3.8, 4) is 22.3 Å². The van der Waals surface area contributed by atoms with E-state index < -0.39 is 0 Å². The zero-order valence-electron chi connectivity index (χ0n) is 24.2. The number of anilines is 2. The SMILES string of the molecule is CN(c1ccccc1)c1c2nc(c(-c3ccccc3)c3ccc(cc4ccc([nH]4)c(-c4ccccc4)c4nc1C=C4)[nH]3)C=C2. The van der Waals surface area contributed by atoms with E-state index in [1.165, 1.54) is 0 Å². The summed E-state index contributed by atoms with van der Waals surface area (Å²) < 4.78 is 0. The summed E-state index contributed by atoms with van der Waals surface area (Å²) in [4.78, 5) is 20.1. The second-order valence-electron chi connectivity index (χ2n) is 11.0. The molecule has 0 fully saturated rings. The summed E-state index contributed by atoms with van der Waals surface area (Å²) in [5, 5.41) is 0. The van der Waals surface area contributed by atoms with Crippen LogP contribution in [-0.4, -0.2) is 27.0 Å². The fourth-order valence-corrected chi connectivity index (χ4v) is 6.07. The molecule has 0 saturated carbocycles. The van der Waals surface area contributed by atoms with E-state index in [4.69, 9.17) is 9.97 Å². The Labute approximate surface area is 255 Å². The first-order valence-corrected chi connectivity index (χ1v) is 14.7. The molecule has 0 unspecified atom stereocenters. The van der Waals surface area contributed by atoms with Crippen LogP contribution < -0.4 is 4.90 Å². The van der Waals surface area contributed by atoms with Gasteiger partial charge in [0.15, 0.2) is 0 Å². The number of H-pyrrole nitrogens is 2. The van der Waals surface area contributed by atoms with E-state index >= 15 is 0 Å². The third-order valence-corrected chi connectivity index (χ3v) is 8.15. The van der Waals surface area contributed by atoms with Crippen molar-refractivity contribution in [3.63, 3.8) is 0 Å². The maximum atomic E-state index is 5.28. The predicted molar refractivity (Wildman–Crippen MR) is 184 cm³/mol. The Morgan fingerprint density at radius 2 is 0.909 bits per heavy atom. The number of aromatic amines is 2. The fourth-order valence-electron chi connectivity index (χ4n) is 6.07. The fraction of sp³-hybridized carbons (Fsp3) is 0.0256. The van der Waals surface area contributed by atoms with Crippen LogP contribution in [0.1, 0.15) is 22.8 Å². The van der Waals surface area contributed by atoms with Gasteiger partial charge in [-0.05, 0) is 77.9 Å². The lowest BCUT2D eigenvalue weighted by Crippen LogP contribution is -2.12. The first-order valence-electron chi connectivity index (χ1n) is 14.7. The van der Waals surface area contributed by atoms with Crippen molar-refractivity contribution < 1.29 is 0 Å². The molecule has 5 heteroatoms. The molecule has 5 nitrogen and oxygen atoms in total. The highest BCUT2D eigenvalue weighted by Gasteiger charge is 2.20. The molecule has 2 aliphatic rings. The van der Waals surface area contributed by atoms with E-state index in [1.807, 2.05) is 18.2 Å². The van der Waals surface area contributed by atoms with Crippen molar-refractivity contribution >= 4 is 57.7 Å². The zero-order valence-corrected chi connectivity index (χ0v) is 24.2. The average molecular weight is 568 g/mol. The number of hydrogen-bond donors (Lipinski definition) is 2. The van der Waals surface area contributed by atoms with E-state index in [0.717, 1.165) is 78.5 Å². The zero-order chi connectivity index (χ0) is 29.5. The van der Waals surface area contributed by atoms with Gasteiger partial charge in [0.2, 0.25) is 0 Å². The predicted octanol–water partition coefficient (Wildman–Crippen LogP) is 9.76. The van der Waals surface area contributed by atoms with Crippen LogP contribution in [0.5, 0.6) is 0 Å². The molecule has 0 atom stereocenters. The van der Waals surface area contributed by atoms with Crippen molar-refractivity contribution in [3.05, 3.63) is 144 Å². The molecule has 44 heavy (non-hydrogen) atoms. The molecular formula is C39H29N5. The topological polar surface area (TPSA) is 60.6 Å². The van der Waals surface area contributed by atoms with E-state index in [0.29, 0.717) is 0 Å². The van der Waals surface area contributed by atoms with Crippen LogP contribution in [0.4, 0.5) is 11.4 Å². The molecule has 8 rings (SSSR count). The third kappa shape index (κ3) is 4.61. The van der Waals surface area contributed by atoms with Crippen LogP contribution >= 0.6 is 0 Å². The molecule has 0 radical (unpaired) electrons. The molecule has 0 saturated heterocycles. The highest BCUT2D eigenvalue weighted by atomic mass is 15.1. The molecule has 3 aromatic carbocycles. The first-order chi connectivity index (χ1) is 21.7. The molecule has 3 aromatic heterocycles. The van der Waals surface area contributed by atoms with Gasteiger partial charge in [0.1, 0.15) is 0 Å². The highest BCUT2D eigenvalue weighted by molar-refractivity contribution is 5.96. The molecule has 8 bridgehead atoms. The van der Waals surface area contributed by atoms with Crippen LogP contribution in [0, 0.1) is 0 Å². The molecule has 5 heterocycles. The van der Waals surface area contributed by atoms with Crippen molar-refractivity contribution in [1.82, 2.24) is 19.9 Å². The molecule has 2 aliphatic heterocycles. The number of para-hydroxylation sites is 1. The summed E-state index contributed by atoms with van der Waals surface area (Å²) >= 11 is 0.